The van der Waals surface area contributed by atoms with Crippen molar-refractivity contribution in [1.29, 1.82) is 0 Å². The summed E-state index contributed by atoms with van der Waals surface area (Å²) >= 11 is 0. The van der Waals surface area contributed by atoms with E-state index in [0.29, 0.717) is 6.04 Å². The molecule has 28 heavy (non-hydrogen) atoms. The van der Waals surface area contributed by atoms with Crippen molar-refractivity contribution in [3.63, 3.8) is 0 Å². The molecule has 3 aliphatic heterocycles. The van der Waals surface area contributed by atoms with Crippen LogP contribution in [0.25, 0.3) is 0 Å². The molecule has 0 amide bonds. The molecule has 7 nitrogen and oxygen atoms in total. The lowest BCUT2D eigenvalue weighted by Gasteiger charge is -2.48. The Morgan fingerprint density at radius 3 is 2.50 bits per heavy atom. The van der Waals surface area contributed by atoms with Gasteiger partial charge in [-0.3, -0.25) is 0 Å². The number of para-hydroxylation sites is 1. The lowest BCUT2D eigenvalue weighted by Crippen LogP contribution is -2.62. The third-order valence-electron chi connectivity index (χ3n) is 6.16. The molecule has 1 aromatic heterocycles. The Bertz CT molecular complexity index is 805. The second-order valence-corrected chi connectivity index (χ2v) is 7.99. The zero-order valence-corrected chi connectivity index (χ0v) is 16.3. The van der Waals surface area contributed by atoms with Crippen LogP contribution >= 0.6 is 0 Å². The maximum Gasteiger partial charge on any atom is 0.134 e. The smallest absolute Gasteiger partial charge is 0.134 e. The van der Waals surface area contributed by atoms with Crippen LogP contribution in [0.1, 0.15) is 6.42 Å². The van der Waals surface area contributed by atoms with Gasteiger partial charge in [0.05, 0.1) is 39.0 Å². The number of hydrogen-bond donors (Lipinski definition) is 0. The molecule has 1 aromatic carbocycles. The molecule has 1 spiro atoms. The molecule has 4 heterocycles. The molecule has 0 bridgehead atoms. The van der Waals surface area contributed by atoms with Gasteiger partial charge in [-0.05, 0) is 12.1 Å². The van der Waals surface area contributed by atoms with E-state index in [0.717, 1.165) is 64.1 Å². The first-order chi connectivity index (χ1) is 13.7. The summed E-state index contributed by atoms with van der Waals surface area (Å²) in [6.07, 6.45) is 2.73. The van der Waals surface area contributed by atoms with Gasteiger partial charge in [0.15, 0.2) is 0 Å². The summed E-state index contributed by atoms with van der Waals surface area (Å²) < 4.78 is 11.7. The summed E-state index contributed by atoms with van der Waals surface area (Å²) in [5, 5.41) is 0. The molecule has 2 aromatic rings. The Morgan fingerprint density at radius 1 is 1.04 bits per heavy atom. The van der Waals surface area contributed by atoms with E-state index in [9.17, 15) is 0 Å². The van der Waals surface area contributed by atoms with Gasteiger partial charge in [-0.25, -0.2) is 9.97 Å². The first kappa shape index (κ1) is 17.7. The van der Waals surface area contributed by atoms with Crippen LogP contribution in [0.5, 0.6) is 0 Å². The Labute approximate surface area is 165 Å². The van der Waals surface area contributed by atoms with Crippen molar-refractivity contribution in [2.45, 2.75) is 18.1 Å². The number of aromatic nitrogens is 2. The van der Waals surface area contributed by atoms with E-state index in [4.69, 9.17) is 9.47 Å². The Balaban J connectivity index is 1.22. The fourth-order valence-corrected chi connectivity index (χ4v) is 4.45. The molecule has 7 heteroatoms. The molecule has 3 saturated heterocycles. The number of rotatable bonds is 4. The number of nitrogens with zero attached hydrogens (tertiary/aromatic N) is 5. The van der Waals surface area contributed by atoms with E-state index in [1.54, 1.807) is 6.33 Å². The van der Waals surface area contributed by atoms with Crippen molar-refractivity contribution in [1.82, 2.24) is 9.97 Å². The quantitative estimate of drug-likeness (QED) is 0.800. The number of benzene rings is 1. The highest BCUT2D eigenvalue weighted by atomic mass is 16.5. The fourth-order valence-electron chi connectivity index (χ4n) is 4.45. The van der Waals surface area contributed by atoms with E-state index in [1.165, 1.54) is 5.69 Å². The third kappa shape index (κ3) is 3.29. The van der Waals surface area contributed by atoms with Crippen LogP contribution in [0.4, 0.5) is 17.3 Å². The zero-order chi connectivity index (χ0) is 19.0. The van der Waals surface area contributed by atoms with Crippen molar-refractivity contribution >= 4 is 17.3 Å². The Kier molecular flexibility index (Phi) is 4.56. The van der Waals surface area contributed by atoms with Gasteiger partial charge in [0.25, 0.3) is 0 Å². The van der Waals surface area contributed by atoms with E-state index in [-0.39, 0.29) is 5.60 Å². The van der Waals surface area contributed by atoms with Gasteiger partial charge in [-0.15, -0.1) is 0 Å². The van der Waals surface area contributed by atoms with E-state index < -0.39 is 0 Å². The standard InChI is InChI=1S/C21H27N5O2/c1-24(17-5-3-2-4-6-17)18-12-21(28-13-18)14-26(15-21)20-11-19(22-16-23-20)25-7-9-27-10-8-25/h2-6,11,16,18H,7-10,12-15H2,1H3. The average molecular weight is 381 g/mol. The van der Waals surface area contributed by atoms with Crippen LogP contribution < -0.4 is 14.7 Å². The molecule has 1 atom stereocenters. The Morgan fingerprint density at radius 2 is 1.75 bits per heavy atom. The Hall–Kier alpha value is -2.38. The summed E-state index contributed by atoms with van der Waals surface area (Å²) in [4.78, 5) is 15.9. The lowest BCUT2D eigenvalue weighted by molar-refractivity contribution is -0.0186. The largest absolute Gasteiger partial charge is 0.378 e. The molecule has 0 saturated carbocycles. The highest BCUT2D eigenvalue weighted by Gasteiger charge is 2.51. The van der Waals surface area contributed by atoms with E-state index in [2.05, 4.69) is 68.1 Å². The van der Waals surface area contributed by atoms with E-state index in [1.807, 2.05) is 0 Å². The first-order valence-corrected chi connectivity index (χ1v) is 10.0. The van der Waals surface area contributed by atoms with Gasteiger partial charge in [0.1, 0.15) is 23.6 Å². The summed E-state index contributed by atoms with van der Waals surface area (Å²) in [6.45, 7) is 5.86. The van der Waals surface area contributed by atoms with Gasteiger partial charge in [-0.1, -0.05) is 18.2 Å². The molecule has 5 rings (SSSR count). The first-order valence-electron chi connectivity index (χ1n) is 10.0. The fraction of sp³-hybridized carbons (Fsp3) is 0.524. The highest BCUT2D eigenvalue weighted by molar-refractivity contribution is 5.53. The van der Waals surface area contributed by atoms with Crippen molar-refractivity contribution < 1.29 is 9.47 Å². The van der Waals surface area contributed by atoms with Crippen LogP contribution in [-0.4, -0.2) is 74.7 Å². The third-order valence-corrected chi connectivity index (χ3v) is 6.16. The predicted octanol–water partition coefficient (Wildman–Crippen LogP) is 1.80. The maximum atomic E-state index is 6.28. The van der Waals surface area contributed by atoms with Crippen molar-refractivity contribution in [2.24, 2.45) is 0 Å². The van der Waals surface area contributed by atoms with Crippen LogP contribution in [0.2, 0.25) is 0 Å². The van der Waals surface area contributed by atoms with Crippen LogP contribution in [0.15, 0.2) is 42.7 Å². The normalized spacial score (nSPS) is 23.7. The number of likely N-dealkylation sites (N-methyl/N-ethyl adjacent to an activating group) is 1. The highest BCUT2D eigenvalue weighted by Crippen LogP contribution is 2.39. The van der Waals surface area contributed by atoms with Gasteiger partial charge in [0, 0.05) is 38.3 Å². The topological polar surface area (TPSA) is 54.0 Å². The van der Waals surface area contributed by atoms with Crippen LogP contribution in [0.3, 0.4) is 0 Å². The van der Waals surface area contributed by atoms with Gasteiger partial charge < -0.3 is 24.2 Å². The molecule has 0 N–H and O–H groups in total. The average Bonchev–Trinajstić information content (AvgIpc) is 3.19. The molecule has 0 radical (unpaired) electrons. The van der Waals surface area contributed by atoms with E-state index >= 15 is 0 Å². The predicted molar refractivity (Wildman–Crippen MR) is 109 cm³/mol. The van der Waals surface area contributed by atoms with Gasteiger partial charge in [0.2, 0.25) is 0 Å². The minimum atomic E-state index is -0.0439. The molecule has 1 unspecified atom stereocenters. The number of anilines is 3. The molecular formula is C21H27N5O2. The number of morpholine rings is 1. The monoisotopic (exact) mass is 381 g/mol. The summed E-state index contributed by atoms with van der Waals surface area (Å²) in [5.41, 5.74) is 1.20. The summed E-state index contributed by atoms with van der Waals surface area (Å²) in [5.74, 6) is 1.98. The van der Waals surface area contributed by atoms with Crippen molar-refractivity contribution in [2.75, 3.05) is 67.7 Å². The summed E-state index contributed by atoms with van der Waals surface area (Å²) in [6, 6.07) is 13.1. The zero-order valence-electron chi connectivity index (χ0n) is 16.3. The minimum Gasteiger partial charge on any atom is -0.378 e. The van der Waals surface area contributed by atoms with Crippen molar-refractivity contribution in [3.05, 3.63) is 42.7 Å². The second-order valence-electron chi connectivity index (χ2n) is 7.99. The SMILES string of the molecule is CN(c1ccccc1)C1COC2(C1)CN(c1cc(N3CCOCC3)ncn1)C2. The molecular weight excluding hydrogens is 354 g/mol. The molecule has 3 aliphatic rings. The minimum absolute atomic E-state index is 0.0439. The molecule has 3 fully saturated rings. The van der Waals surface area contributed by atoms with Gasteiger partial charge >= 0.3 is 0 Å². The number of ether oxygens (including phenoxy) is 2. The molecule has 148 valence electrons. The second kappa shape index (κ2) is 7.22. The molecule has 0 aliphatic carbocycles. The summed E-state index contributed by atoms with van der Waals surface area (Å²) in [7, 11) is 2.16. The van der Waals surface area contributed by atoms with Gasteiger partial charge in [-0.2, -0.15) is 0 Å². The van der Waals surface area contributed by atoms with Crippen LogP contribution in [-0.2, 0) is 9.47 Å². The maximum absolute atomic E-state index is 6.28. The van der Waals surface area contributed by atoms with Crippen LogP contribution in [0, 0.1) is 0 Å². The van der Waals surface area contributed by atoms with Crippen molar-refractivity contribution in [3.8, 4) is 0 Å². The number of hydrogen-bond acceptors (Lipinski definition) is 7. The lowest BCUT2D eigenvalue weighted by atomic mass is 9.89.